The molecular weight excluding hydrogens is 334 g/mol. The zero-order chi connectivity index (χ0) is 18.7. The van der Waals surface area contributed by atoms with Crippen LogP contribution in [0.4, 0.5) is 5.69 Å². The molecule has 0 fully saturated rings. The van der Waals surface area contributed by atoms with Crippen LogP contribution in [0.2, 0.25) is 0 Å². The van der Waals surface area contributed by atoms with Crippen molar-refractivity contribution >= 4 is 17.6 Å². The molecule has 0 radical (unpaired) electrons. The Morgan fingerprint density at radius 1 is 1.24 bits per heavy atom. The third kappa shape index (κ3) is 3.20. The highest BCUT2D eigenvalue weighted by Crippen LogP contribution is 2.28. The predicted octanol–water partition coefficient (Wildman–Crippen LogP) is 1.18. The first-order valence-corrected chi connectivity index (χ1v) is 7.44. The lowest BCUT2D eigenvalue weighted by Crippen LogP contribution is -2.19. The Kier molecular flexibility index (Phi) is 5.15. The van der Waals surface area contributed by atoms with Gasteiger partial charge in [-0.05, 0) is 20.8 Å². The van der Waals surface area contributed by atoms with Crippen molar-refractivity contribution in [1.82, 2.24) is 19.6 Å². The summed E-state index contributed by atoms with van der Waals surface area (Å²) in [6.07, 6.45) is 1.11. The number of nitro groups is 1. The van der Waals surface area contributed by atoms with Gasteiger partial charge in [0.05, 0.1) is 24.3 Å². The van der Waals surface area contributed by atoms with Crippen LogP contribution in [0, 0.1) is 17.0 Å². The maximum Gasteiger partial charge on any atom is 0.358 e. The van der Waals surface area contributed by atoms with Crippen molar-refractivity contribution in [3.8, 4) is 5.82 Å². The number of rotatable bonds is 6. The molecule has 2 heterocycles. The van der Waals surface area contributed by atoms with Crippen LogP contribution < -0.4 is 0 Å². The van der Waals surface area contributed by atoms with Gasteiger partial charge in [-0.3, -0.25) is 10.1 Å². The van der Waals surface area contributed by atoms with Crippen LogP contribution in [-0.2, 0) is 16.5 Å². The van der Waals surface area contributed by atoms with E-state index >= 15 is 0 Å². The molecule has 2 rings (SSSR count). The molecule has 0 bridgehead atoms. The summed E-state index contributed by atoms with van der Waals surface area (Å²) in [4.78, 5) is 35.2. The van der Waals surface area contributed by atoms with E-state index < -0.39 is 16.9 Å². The molecule has 0 aliphatic rings. The van der Waals surface area contributed by atoms with Gasteiger partial charge in [-0.2, -0.15) is 10.2 Å². The van der Waals surface area contributed by atoms with E-state index in [-0.39, 0.29) is 41.7 Å². The minimum absolute atomic E-state index is 0.0544. The summed E-state index contributed by atoms with van der Waals surface area (Å²) in [5, 5.41) is 19.3. The van der Waals surface area contributed by atoms with Crippen LogP contribution >= 0.6 is 0 Å². The minimum Gasteiger partial charge on any atom is -0.462 e. The topological polar surface area (TPSA) is 131 Å². The number of carbonyl (C=O) groups is 2. The number of carbonyl (C=O) groups excluding carboxylic acids is 2. The van der Waals surface area contributed by atoms with Crippen molar-refractivity contribution in [1.29, 1.82) is 0 Å². The van der Waals surface area contributed by atoms with Crippen molar-refractivity contribution in [3.63, 3.8) is 0 Å². The molecule has 0 atom stereocenters. The summed E-state index contributed by atoms with van der Waals surface area (Å²) in [6.45, 7) is 4.82. The number of hydrogen-bond acceptors (Lipinski definition) is 8. The Labute approximate surface area is 142 Å². The van der Waals surface area contributed by atoms with Crippen molar-refractivity contribution in [2.75, 3.05) is 13.2 Å². The number of aryl methyl sites for hydroxylation is 2. The van der Waals surface area contributed by atoms with E-state index in [1.165, 1.54) is 18.7 Å². The molecule has 0 saturated heterocycles. The Hall–Kier alpha value is -3.24. The average molecular weight is 351 g/mol. The fourth-order valence-corrected chi connectivity index (χ4v) is 2.35. The summed E-state index contributed by atoms with van der Waals surface area (Å²) in [7, 11) is 1.47. The quantitative estimate of drug-likeness (QED) is 0.430. The molecular formula is C14H17N5O6. The van der Waals surface area contributed by atoms with E-state index in [1.807, 2.05) is 0 Å². The standard InChI is InChI=1S/C14H17N5O6/c1-5-24-13(20)9-7-15-18(11(9)14(21)25-6-2)12-10(19(22)23)8(3)16-17(12)4/h7H,5-6H2,1-4H3. The number of aromatic nitrogens is 4. The van der Waals surface area contributed by atoms with Crippen LogP contribution in [0.1, 0.15) is 40.4 Å². The Morgan fingerprint density at radius 2 is 1.84 bits per heavy atom. The second kappa shape index (κ2) is 7.11. The van der Waals surface area contributed by atoms with Gasteiger partial charge >= 0.3 is 17.6 Å². The summed E-state index contributed by atoms with van der Waals surface area (Å²) in [6, 6.07) is 0. The van der Waals surface area contributed by atoms with Gasteiger partial charge in [0.15, 0.2) is 5.69 Å². The molecule has 0 aromatic carbocycles. The fraction of sp³-hybridized carbons (Fsp3) is 0.429. The smallest absolute Gasteiger partial charge is 0.358 e. The predicted molar refractivity (Wildman–Crippen MR) is 83.6 cm³/mol. The SMILES string of the molecule is CCOC(=O)c1cnn(-c2c([N+](=O)[O-])c(C)nn2C)c1C(=O)OCC. The molecule has 0 aliphatic heterocycles. The molecule has 2 aromatic rings. The van der Waals surface area contributed by atoms with Crippen molar-refractivity contribution < 1.29 is 24.0 Å². The van der Waals surface area contributed by atoms with Gasteiger partial charge in [0.1, 0.15) is 11.3 Å². The number of hydrogen-bond donors (Lipinski definition) is 0. The summed E-state index contributed by atoms with van der Waals surface area (Å²) >= 11 is 0. The van der Waals surface area contributed by atoms with Crippen LogP contribution in [0.5, 0.6) is 0 Å². The molecule has 0 spiro atoms. The summed E-state index contributed by atoms with van der Waals surface area (Å²) in [5.74, 6) is -1.70. The third-order valence-corrected chi connectivity index (χ3v) is 3.28. The first kappa shape index (κ1) is 18.1. The van der Waals surface area contributed by atoms with Gasteiger partial charge in [-0.15, -0.1) is 0 Å². The lowest BCUT2D eigenvalue weighted by atomic mass is 10.2. The van der Waals surface area contributed by atoms with Gasteiger partial charge in [-0.1, -0.05) is 0 Å². The highest BCUT2D eigenvalue weighted by molar-refractivity contribution is 6.02. The molecule has 134 valence electrons. The number of ether oxygens (including phenoxy) is 2. The van der Waals surface area contributed by atoms with Crippen molar-refractivity contribution in [2.45, 2.75) is 20.8 Å². The molecule has 0 amide bonds. The second-order valence-electron chi connectivity index (χ2n) is 4.90. The molecule has 11 nitrogen and oxygen atoms in total. The minimum atomic E-state index is -0.851. The van der Waals surface area contributed by atoms with Crippen molar-refractivity contribution in [3.05, 3.63) is 33.3 Å². The zero-order valence-electron chi connectivity index (χ0n) is 14.2. The maximum absolute atomic E-state index is 12.3. The third-order valence-electron chi connectivity index (χ3n) is 3.28. The van der Waals surface area contributed by atoms with Gasteiger partial charge in [0.25, 0.3) is 0 Å². The Balaban J connectivity index is 2.73. The highest BCUT2D eigenvalue weighted by Gasteiger charge is 2.33. The van der Waals surface area contributed by atoms with Crippen LogP contribution in [0.3, 0.4) is 0 Å². The van der Waals surface area contributed by atoms with E-state index in [9.17, 15) is 19.7 Å². The van der Waals surface area contributed by atoms with E-state index in [1.54, 1.807) is 13.8 Å². The Bertz CT molecular complexity index is 837. The molecule has 0 saturated carbocycles. The molecule has 11 heteroatoms. The molecule has 0 N–H and O–H groups in total. The fourth-order valence-electron chi connectivity index (χ4n) is 2.35. The lowest BCUT2D eigenvalue weighted by molar-refractivity contribution is -0.385. The van der Waals surface area contributed by atoms with E-state index in [4.69, 9.17) is 9.47 Å². The van der Waals surface area contributed by atoms with Crippen LogP contribution in [0.15, 0.2) is 6.20 Å². The maximum atomic E-state index is 12.3. The van der Waals surface area contributed by atoms with Gasteiger partial charge < -0.3 is 9.47 Å². The van der Waals surface area contributed by atoms with Gasteiger partial charge in [0, 0.05) is 7.05 Å². The first-order valence-electron chi connectivity index (χ1n) is 7.44. The van der Waals surface area contributed by atoms with Gasteiger partial charge in [0.2, 0.25) is 5.82 Å². The summed E-state index contributed by atoms with van der Waals surface area (Å²) in [5.41, 5.74) is -0.586. The molecule has 25 heavy (non-hydrogen) atoms. The number of esters is 2. The van der Waals surface area contributed by atoms with Crippen LogP contribution in [0.25, 0.3) is 5.82 Å². The average Bonchev–Trinajstić information content (AvgIpc) is 3.08. The monoisotopic (exact) mass is 351 g/mol. The molecule has 0 unspecified atom stereocenters. The first-order chi connectivity index (χ1) is 11.8. The molecule has 2 aromatic heterocycles. The van der Waals surface area contributed by atoms with E-state index in [0.717, 1.165) is 10.9 Å². The van der Waals surface area contributed by atoms with E-state index in [0.29, 0.717) is 0 Å². The lowest BCUT2D eigenvalue weighted by Gasteiger charge is -2.08. The van der Waals surface area contributed by atoms with E-state index in [2.05, 4.69) is 10.2 Å². The van der Waals surface area contributed by atoms with Crippen molar-refractivity contribution in [2.24, 2.45) is 7.05 Å². The zero-order valence-corrected chi connectivity index (χ0v) is 14.2. The Morgan fingerprint density at radius 3 is 2.40 bits per heavy atom. The van der Waals surface area contributed by atoms with Gasteiger partial charge in [-0.25, -0.2) is 19.0 Å². The summed E-state index contributed by atoms with van der Waals surface area (Å²) < 4.78 is 12.0. The normalized spacial score (nSPS) is 10.6. The largest absolute Gasteiger partial charge is 0.462 e. The molecule has 0 aliphatic carbocycles. The second-order valence-corrected chi connectivity index (χ2v) is 4.90. The van der Waals surface area contributed by atoms with Crippen LogP contribution in [-0.4, -0.2) is 49.6 Å². The number of nitrogens with zero attached hydrogens (tertiary/aromatic N) is 5. The highest BCUT2D eigenvalue weighted by atomic mass is 16.6.